The molecule has 0 bridgehead atoms. The van der Waals surface area contributed by atoms with E-state index in [1.54, 1.807) is 0 Å². The summed E-state index contributed by atoms with van der Waals surface area (Å²) in [5.74, 6) is 2.89. The van der Waals surface area contributed by atoms with Crippen molar-refractivity contribution < 1.29 is 9.84 Å². The molecule has 0 spiro atoms. The zero-order chi connectivity index (χ0) is 11.9. The van der Waals surface area contributed by atoms with Gasteiger partial charge in [-0.05, 0) is 37.7 Å². The third-order valence-electron chi connectivity index (χ3n) is 4.09. The molecule has 3 aliphatic rings. The van der Waals surface area contributed by atoms with E-state index >= 15 is 0 Å². The summed E-state index contributed by atoms with van der Waals surface area (Å²) < 4.78 is 5.84. The van der Waals surface area contributed by atoms with Crippen LogP contribution < -0.4 is 0 Å². The topological polar surface area (TPSA) is 32.8 Å². The molecule has 0 amide bonds. The van der Waals surface area contributed by atoms with Crippen LogP contribution in [0.5, 0.6) is 0 Å². The lowest BCUT2D eigenvalue weighted by atomic mass is 9.80. The van der Waals surface area contributed by atoms with Crippen LogP contribution in [0.2, 0.25) is 0 Å². The first kappa shape index (κ1) is 12.4. The van der Waals surface area contributed by atoms with Gasteiger partial charge in [0.2, 0.25) is 0 Å². The number of hydrogen-bond acceptors (Lipinski definition) is 4. The highest BCUT2D eigenvalue weighted by Gasteiger charge is 2.49. The molecule has 2 nitrogen and oxygen atoms in total. The van der Waals surface area contributed by atoms with E-state index in [9.17, 15) is 5.11 Å². The van der Waals surface area contributed by atoms with Gasteiger partial charge < -0.3 is 9.84 Å². The van der Waals surface area contributed by atoms with Gasteiger partial charge in [-0.1, -0.05) is 12.2 Å². The van der Waals surface area contributed by atoms with Gasteiger partial charge in [0.05, 0.1) is 16.8 Å². The van der Waals surface area contributed by atoms with E-state index < -0.39 is 5.60 Å². The number of thioether (sulfide) groups is 2. The molecular formula is C13H20O2S2. The van der Waals surface area contributed by atoms with Crippen molar-refractivity contribution in [2.75, 3.05) is 18.1 Å². The van der Waals surface area contributed by atoms with E-state index in [4.69, 9.17) is 4.74 Å². The van der Waals surface area contributed by atoms with Crippen molar-refractivity contribution in [1.29, 1.82) is 0 Å². The van der Waals surface area contributed by atoms with Crippen LogP contribution in [-0.4, -0.2) is 39.0 Å². The van der Waals surface area contributed by atoms with Gasteiger partial charge in [-0.15, -0.1) is 23.5 Å². The van der Waals surface area contributed by atoms with Crippen LogP contribution in [0.4, 0.5) is 0 Å². The maximum absolute atomic E-state index is 10.7. The van der Waals surface area contributed by atoms with Crippen LogP contribution in [0.25, 0.3) is 0 Å². The second-order valence-electron chi connectivity index (χ2n) is 5.52. The molecule has 96 valence electrons. The van der Waals surface area contributed by atoms with Gasteiger partial charge in [0, 0.05) is 5.92 Å². The normalized spacial score (nSPS) is 47.1. The third kappa shape index (κ3) is 2.42. The van der Waals surface area contributed by atoms with Gasteiger partial charge in [0.25, 0.3) is 0 Å². The molecule has 2 unspecified atom stereocenters. The summed E-state index contributed by atoms with van der Waals surface area (Å²) in [5, 5.41) is 10.7. The van der Waals surface area contributed by atoms with Crippen LogP contribution >= 0.6 is 23.5 Å². The van der Waals surface area contributed by atoms with Gasteiger partial charge in [0.1, 0.15) is 5.60 Å². The maximum Gasteiger partial charge on any atom is 0.104 e. The molecule has 2 saturated heterocycles. The molecule has 1 N–H and O–H groups in total. The van der Waals surface area contributed by atoms with Crippen LogP contribution in [0.1, 0.15) is 26.2 Å². The van der Waals surface area contributed by atoms with Crippen molar-refractivity contribution in [1.82, 2.24) is 0 Å². The highest BCUT2D eigenvalue weighted by Crippen LogP contribution is 2.47. The fourth-order valence-corrected chi connectivity index (χ4v) is 5.82. The number of ether oxygens (including phenoxy) is 1. The molecule has 2 heterocycles. The summed E-state index contributed by atoms with van der Waals surface area (Å²) in [4.78, 5) is 0. The van der Waals surface area contributed by atoms with Crippen molar-refractivity contribution in [3.8, 4) is 0 Å². The largest absolute Gasteiger partial charge is 0.384 e. The van der Waals surface area contributed by atoms with E-state index in [0.717, 1.165) is 19.4 Å². The Kier molecular flexibility index (Phi) is 3.27. The summed E-state index contributed by atoms with van der Waals surface area (Å²) in [6.07, 6.45) is 7.48. The van der Waals surface area contributed by atoms with Gasteiger partial charge in [-0.2, -0.15) is 0 Å². The predicted octanol–water partition coefficient (Wildman–Crippen LogP) is 2.67. The Labute approximate surface area is 112 Å². The minimum Gasteiger partial charge on any atom is -0.384 e. The second-order valence-corrected chi connectivity index (χ2v) is 8.25. The SMILES string of the molecule is CC1([C@H]2C=CC(O)(C3SCCCS3)CC2)CO1. The molecule has 3 atom stereocenters. The summed E-state index contributed by atoms with van der Waals surface area (Å²) >= 11 is 3.85. The minimum absolute atomic E-state index is 0.0741. The van der Waals surface area contributed by atoms with Gasteiger partial charge in [0.15, 0.2) is 0 Å². The van der Waals surface area contributed by atoms with E-state index in [0.29, 0.717) is 10.5 Å². The first-order valence-electron chi connectivity index (χ1n) is 6.41. The van der Waals surface area contributed by atoms with Crippen molar-refractivity contribution in [2.45, 2.75) is 42.0 Å². The summed E-state index contributed by atoms with van der Waals surface area (Å²) in [5.41, 5.74) is -0.512. The summed E-state index contributed by atoms with van der Waals surface area (Å²) in [6, 6.07) is 0. The highest BCUT2D eigenvalue weighted by atomic mass is 32.2. The maximum atomic E-state index is 10.7. The molecule has 1 aliphatic carbocycles. The van der Waals surface area contributed by atoms with E-state index in [1.165, 1.54) is 17.9 Å². The highest BCUT2D eigenvalue weighted by molar-refractivity contribution is 8.17. The fourth-order valence-electron chi connectivity index (χ4n) is 2.66. The smallest absolute Gasteiger partial charge is 0.104 e. The molecule has 0 aromatic rings. The van der Waals surface area contributed by atoms with Gasteiger partial charge in [-0.3, -0.25) is 0 Å². The van der Waals surface area contributed by atoms with Crippen molar-refractivity contribution in [3.05, 3.63) is 12.2 Å². The van der Waals surface area contributed by atoms with E-state index in [1.807, 2.05) is 23.5 Å². The van der Waals surface area contributed by atoms with Crippen molar-refractivity contribution in [2.24, 2.45) is 5.92 Å². The quantitative estimate of drug-likeness (QED) is 0.619. The average Bonchev–Trinajstić information content (AvgIpc) is 3.10. The molecule has 4 heteroatoms. The van der Waals surface area contributed by atoms with Crippen LogP contribution in [0, 0.1) is 5.92 Å². The van der Waals surface area contributed by atoms with Crippen molar-refractivity contribution in [3.63, 3.8) is 0 Å². The first-order valence-corrected chi connectivity index (χ1v) is 8.51. The fraction of sp³-hybridized carbons (Fsp3) is 0.846. The second kappa shape index (κ2) is 4.48. The Morgan fingerprint density at radius 1 is 1.35 bits per heavy atom. The Balaban J connectivity index is 1.68. The molecule has 0 aromatic carbocycles. The average molecular weight is 272 g/mol. The molecule has 0 saturated carbocycles. The van der Waals surface area contributed by atoms with Gasteiger partial charge >= 0.3 is 0 Å². The van der Waals surface area contributed by atoms with E-state index in [2.05, 4.69) is 19.1 Å². The standard InChI is InChI=1S/C13H20O2S2/c1-12(9-15-12)10-3-5-13(14,6-4-10)11-16-7-2-8-17-11/h3,5,10-11,14H,2,4,6-9H2,1H3/t10-,12?,13?/m0/s1. The lowest BCUT2D eigenvalue weighted by Crippen LogP contribution is -2.41. The number of rotatable bonds is 2. The Hall–Kier alpha value is 0.360. The van der Waals surface area contributed by atoms with Crippen LogP contribution in [-0.2, 0) is 4.74 Å². The lowest BCUT2D eigenvalue weighted by Gasteiger charge is -2.39. The molecule has 0 aromatic heterocycles. The lowest BCUT2D eigenvalue weighted by molar-refractivity contribution is 0.0777. The van der Waals surface area contributed by atoms with E-state index in [-0.39, 0.29) is 5.60 Å². The molecule has 2 fully saturated rings. The van der Waals surface area contributed by atoms with Crippen molar-refractivity contribution >= 4 is 23.5 Å². The number of aliphatic hydroxyl groups is 1. The Bertz CT molecular complexity index is 321. The Morgan fingerprint density at radius 3 is 2.59 bits per heavy atom. The summed E-state index contributed by atoms with van der Waals surface area (Å²) in [6.45, 7) is 3.06. The minimum atomic E-state index is -0.586. The third-order valence-corrected chi connectivity index (χ3v) is 7.38. The molecular weight excluding hydrogens is 252 g/mol. The zero-order valence-electron chi connectivity index (χ0n) is 10.2. The van der Waals surface area contributed by atoms with Crippen LogP contribution in [0.15, 0.2) is 12.2 Å². The molecule has 3 rings (SSSR count). The molecule has 0 radical (unpaired) electrons. The number of hydrogen-bond donors (Lipinski definition) is 1. The molecule has 2 aliphatic heterocycles. The summed E-state index contributed by atoms with van der Waals surface area (Å²) in [7, 11) is 0. The molecule has 17 heavy (non-hydrogen) atoms. The Morgan fingerprint density at radius 2 is 2.06 bits per heavy atom. The zero-order valence-corrected chi connectivity index (χ0v) is 11.9. The van der Waals surface area contributed by atoms with Crippen LogP contribution in [0.3, 0.4) is 0 Å². The number of epoxide rings is 1. The van der Waals surface area contributed by atoms with Gasteiger partial charge in [-0.25, -0.2) is 0 Å². The predicted molar refractivity (Wildman–Crippen MR) is 74.5 cm³/mol. The first-order chi connectivity index (χ1) is 8.12. The monoisotopic (exact) mass is 272 g/mol.